The minimum absolute atomic E-state index is 0.0186. The van der Waals surface area contributed by atoms with E-state index in [1.807, 2.05) is 7.05 Å². The molecule has 1 aromatic heterocycles. The van der Waals surface area contributed by atoms with Crippen LogP contribution < -0.4 is 21.9 Å². The van der Waals surface area contributed by atoms with Crippen molar-refractivity contribution in [3.05, 3.63) is 63.7 Å². The number of pyridine rings is 1. The average molecular weight is 495 g/mol. The molecule has 3 heterocycles. The summed E-state index contributed by atoms with van der Waals surface area (Å²) in [5.74, 6) is -2.11. The van der Waals surface area contributed by atoms with Crippen LogP contribution in [0.25, 0.3) is 10.9 Å². The molecule has 0 spiro atoms. The number of hydrogen-bond donors (Lipinski definition) is 5. The van der Waals surface area contributed by atoms with Crippen LogP contribution in [-0.4, -0.2) is 65.0 Å². The summed E-state index contributed by atoms with van der Waals surface area (Å²) in [6, 6.07) is 8.12. The number of piperidine rings is 1. The van der Waals surface area contributed by atoms with Gasteiger partial charge in [-0.05, 0) is 69.4 Å². The van der Waals surface area contributed by atoms with Crippen molar-refractivity contribution in [3.8, 4) is 0 Å². The highest BCUT2D eigenvalue weighted by atomic mass is 19.1. The number of amides is 1. The summed E-state index contributed by atoms with van der Waals surface area (Å²) < 4.78 is 13.8. The van der Waals surface area contributed by atoms with E-state index in [1.165, 1.54) is 36.4 Å². The molecule has 0 radical (unpaired) electrons. The molecule has 1 atom stereocenters. The molecule has 1 unspecified atom stereocenters. The number of rotatable bonds is 4. The Balaban J connectivity index is 1.67. The molecule has 2 aliphatic heterocycles. The Kier molecular flexibility index (Phi) is 5.59. The average Bonchev–Trinajstić information content (AvgIpc) is 3.22. The lowest BCUT2D eigenvalue weighted by atomic mass is 9.94. The van der Waals surface area contributed by atoms with Gasteiger partial charge in [0.2, 0.25) is 5.66 Å². The fourth-order valence-corrected chi connectivity index (χ4v) is 5.15. The van der Waals surface area contributed by atoms with Gasteiger partial charge in [0.25, 0.3) is 11.5 Å². The largest absolute Gasteiger partial charge is 0.478 e. The van der Waals surface area contributed by atoms with Crippen LogP contribution in [0.3, 0.4) is 0 Å². The third kappa shape index (κ3) is 3.72. The highest BCUT2D eigenvalue weighted by Crippen LogP contribution is 2.43. The molecule has 188 valence electrons. The van der Waals surface area contributed by atoms with Gasteiger partial charge in [-0.2, -0.15) is 0 Å². The first-order valence-corrected chi connectivity index (χ1v) is 11.6. The van der Waals surface area contributed by atoms with Crippen molar-refractivity contribution >= 4 is 39.8 Å². The summed E-state index contributed by atoms with van der Waals surface area (Å²) >= 11 is 0. The molecule has 11 heteroatoms. The van der Waals surface area contributed by atoms with E-state index in [1.54, 1.807) is 11.9 Å². The molecule has 10 nitrogen and oxygen atoms in total. The van der Waals surface area contributed by atoms with Gasteiger partial charge in [-0.25, -0.2) is 9.18 Å². The van der Waals surface area contributed by atoms with Crippen molar-refractivity contribution in [2.24, 2.45) is 0 Å². The third-order valence-corrected chi connectivity index (χ3v) is 7.18. The van der Waals surface area contributed by atoms with Crippen LogP contribution in [-0.2, 0) is 10.5 Å². The highest BCUT2D eigenvalue weighted by molar-refractivity contribution is 6.03. The quantitative estimate of drug-likeness (QED) is 0.371. The van der Waals surface area contributed by atoms with Crippen molar-refractivity contribution in [2.45, 2.75) is 24.5 Å². The summed E-state index contributed by atoms with van der Waals surface area (Å²) in [5, 5.41) is 16.1. The standard InChI is InChI=1S/C25H27FN6O4/c1-31-9-7-15(8-10-31)32(2)24(36)25(29-17-6-3-13(23(34)35)11-19(17)30-25)20-21(27)16-5-4-14(26)12-18(16)28-22(20)33/h3-6,11-12,15,29-30H,7-10H2,1-2H3,(H,34,35)(H3,27,28,33). The van der Waals surface area contributed by atoms with E-state index in [9.17, 15) is 23.9 Å². The van der Waals surface area contributed by atoms with Gasteiger partial charge in [-0.3, -0.25) is 9.59 Å². The Morgan fingerprint density at radius 2 is 1.83 bits per heavy atom. The maximum atomic E-state index is 14.2. The van der Waals surface area contributed by atoms with Crippen molar-refractivity contribution in [1.29, 1.82) is 0 Å². The number of carbonyl (C=O) groups is 2. The zero-order valence-electron chi connectivity index (χ0n) is 19.9. The second-order valence-corrected chi connectivity index (χ2v) is 9.45. The number of likely N-dealkylation sites (N-methyl/N-ethyl adjacent to an activating group) is 1. The Bertz CT molecular complexity index is 1450. The third-order valence-electron chi connectivity index (χ3n) is 7.18. The molecule has 36 heavy (non-hydrogen) atoms. The van der Waals surface area contributed by atoms with E-state index in [0.29, 0.717) is 16.8 Å². The lowest BCUT2D eigenvalue weighted by Crippen LogP contribution is -2.58. The van der Waals surface area contributed by atoms with Gasteiger partial charge < -0.3 is 36.3 Å². The second kappa shape index (κ2) is 8.52. The number of benzene rings is 2. The molecule has 0 bridgehead atoms. The Morgan fingerprint density at radius 3 is 2.53 bits per heavy atom. The number of carboxylic acids is 1. The molecule has 6 N–H and O–H groups in total. The number of fused-ring (bicyclic) bond motifs is 2. The summed E-state index contributed by atoms with van der Waals surface area (Å²) in [7, 11) is 3.71. The zero-order chi connectivity index (χ0) is 25.8. The summed E-state index contributed by atoms with van der Waals surface area (Å²) in [6.45, 7) is 1.64. The van der Waals surface area contributed by atoms with E-state index in [4.69, 9.17) is 5.73 Å². The Labute approximate surface area is 205 Å². The minimum Gasteiger partial charge on any atom is -0.478 e. The lowest BCUT2D eigenvalue weighted by molar-refractivity contribution is -0.137. The van der Waals surface area contributed by atoms with Crippen molar-refractivity contribution < 1.29 is 19.1 Å². The smallest absolute Gasteiger partial charge is 0.335 e. The Hall–Kier alpha value is -4.12. The summed E-state index contributed by atoms with van der Waals surface area (Å²) in [5.41, 5.74) is 4.98. The number of aromatic nitrogens is 1. The number of H-pyrrole nitrogens is 1. The monoisotopic (exact) mass is 494 g/mol. The molecule has 0 saturated carbocycles. The number of carboxylic acid groups (broad SMARTS) is 1. The maximum absolute atomic E-state index is 14.2. The van der Waals surface area contributed by atoms with Crippen LogP contribution in [0.15, 0.2) is 41.2 Å². The van der Waals surface area contributed by atoms with Gasteiger partial charge >= 0.3 is 5.97 Å². The molecule has 2 aliphatic rings. The van der Waals surface area contributed by atoms with Crippen LogP contribution >= 0.6 is 0 Å². The highest BCUT2D eigenvalue weighted by Gasteiger charge is 2.51. The van der Waals surface area contributed by atoms with Crippen molar-refractivity contribution in [1.82, 2.24) is 14.8 Å². The number of anilines is 3. The van der Waals surface area contributed by atoms with E-state index < -0.39 is 28.9 Å². The van der Waals surface area contributed by atoms with Crippen LogP contribution in [0, 0.1) is 5.82 Å². The number of hydrogen-bond acceptors (Lipinski definition) is 7. The number of aromatic carboxylic acids is 1. The van der Waals surface area contributed by atoms with Crippen molar-refractivity contribution in [2.75, 3.05) is 43.6 Å². The fraction of sp³-hybridized carbons (Fsp3) is 0.320. The molecular weight excluding hydrogens is 467 g/mol. The van der Waals surface area contributed by atoms with E-state index in [0.717, 1.165) is 25.9 Å². The van der Waals surface area contributed by atoms with Crippen LogP contribution in [0.1, 0.15) is 28.8 Å². The number of nitrogens with one attached hydrogen (secondary N) is 3. The SMILES string of the molecule is CN1CCC(N(C)C(=O)C2(c3c(N)c4ccc(F)cc4[nH]c3=O)Nc3ccc(C(=O)O)cc3N2)CC1. The number of likely N-dealkylation sites (tertiary alicyclic amines) is 1. The van der Waals surface area contributed by atoms with E-state index in [2.05, 4.69) is 20.5 Å². The van der Waals surface area contributed by atoms with Gasteiger partial charge in [-0.1, -0.05) is 0 Å². The van der Waals surface area contributed by atoms with Crippen molar-refractivity contribution in [3.63, 3.8) is 0 Å². The van der Waals surface area contributed by atoms with Crippen LogP contribution in [0.2, 0.25) is 0 Å². The zero-order valence-corrected chi connectivity index (χ0v) is 19.9. The second-order valence-electron chi connectivity index (χ2n) is 9.45. The first kappa shape index (κ1) is 23.6. The molecular formula is C25H27FN6O4. The van der Waals surface area contributed by atoms with Gasteiger partial charge in [-0.15, -0.1) is 0 Å². The van der Waals surface area contributed by atoms with Gasteiger partial charge in [0, 0.05) is 18.5 Å². The molecule has 1 saturated heterocycles. The summed E-state index contributed by atoms with van der Waals surface area (Å²) in [6.07, 6.45) is 1.52. The number of carbonyl (C=O) groups excluding carboxylic acids is 1. The number of nitrogens with two attached hydrogens (primary N) is 1. The minimum atomic E-state index is -1.81. The summed E-state index contributed by atoms with van der Waals surface area (Å²) in [4.78, 5) is 45.7. The van der Waals surface area contributed by atoms with E-state index in [-0.39, 0.29) is 28.4 Å². The molecule has 3 aromatic rings. The molecule has 5 rings (SSSR count). The van der Waals surface area contributed by atoms with Gasteiger partial charge in [0.05, 0.1) is 33.7 Å². The van der Waals surface area contributed by atoms with Crippen LogP contribution in [0.5, 0.6) is 0 Å². The van der Waals surface area contributed by atoms with E-state index >= 15 is 0 Å². The lowest BCUT2D eigenvalue weighted by Gasteiger charge is -2.40. The maximum Gasteiger partial charge on any atom is 0.335 e. The first-order valence-electron chi connectivity index (χ1n) is 11.6. The number of nitrogen functional groups attached to an aromatic ring is 1. The fourth-order valence-electron chi connectivity index (χ4n) is 5.15. The first-order chi connectivity index (χ1) is 17.1. The van der Waals surface area contributed by atoms with Gasteiger partial charge in [0.1, 0.15) is 5.82 Å². The molecule has 1 fully saturated rings. The normalized spacial score (nSPS) is 20.0. The number of aromatic amines is 1. The topological polar surface area (TPSA) is 144 Å². The predicted octanol–water partition coefficient (Wildman–Crippen LogP) is 2.19. The molecule has 1 amide bonds. The van der Waals surface area contributed by atoms with Gasteiger partial charge in [0.15, 0.2) is 0 Å². The number of halogens is 1. The molecule has 2 aromatic carbocycles. The molecule has 0 aliphatic carbocycles. The predicted molar refractivity (Wildman–Crippen MR) is 135 cm³/mol. The van der Waals surface area contributed by atoms with Crippen LogP contribution in [0.4, 0.5) is 21.5 Å². The number of nitrogens with zero attached hydrogens (tertiary/aromatic N) is 2. The Morgan fingerprint density at radius 1 is 1.14 bits per heavy atom.